The summed E-state index contributed by atoms with van der Waals surface area (Å²) in [4.78, 5) is 1.33. The van der Waals surface area contributed by atoms with Gasteiger partial charge in [0, 0.05) is 18.0 Å². The third-order valence-electron chi connectivity index (χ3n) is 2.91. The fraction of sp³-hybridized carbons (Fsp3) is 0.692. The van der Waals surface area contributed by atoms with Crippen LogP contribution < -0.4 is 10.0 Å². The molecular weight excluding hydrogens is 312 g/mol. The van der Waals surface area contributed by atoms with Gasteiger partial charge in [0.2, 0.25) is 10.0 Å². The largest absolute Gasteiger partial charge is 0.315 e. The lowest BCUT2D eigenvalue weighted by Crippen LogP contribution is -2.26. The van der Waals surface area contributed by atoms with Crippen molar-refractivity contribution < 1.29 is 8.42 Å². The first kappa shape index (κ1) is 18.0. The smallest absolute Gasteiger partial charge is 0.241 e. The van der Waals surface area contributed by atoms with Crippen LogP contribution in [0.3, 0.4) is 0 Å². The molecule has 1 heterocycles. The topological polar surface area (TPSA) is 58.2 Å². The van der Waals surface area contributed by atoms with E-state index in [2.05, 4.69) is 16.3 Å². The summed E-state index contributed by atoms with van der Waals surface area (Å²) in [7, 11) is -1.55. The summed E-state index contributed by atoms with van der Waals surface area (Å²) < 4.78 is 27.4. The predicted molar refractivity (Wildman–Crippen MR) is 89.2 cm³/mol. The summed E-state index contributed by atoms with van der Waals surface area (Å²) in [6, 6.07) is 0. The lowest BCUT2D eigenvalue weighted by molar-refractivity contribution is 0.574. The highest BCUT2D eigenvalue weighted by Crippen LogP contribution is 2.26. The summed E-state index contributed by atoms with van der Waals surface area (Å²) in [6.07, 6.45) is 5.19. The average molecular weight is 337 g/mol. The highest BCUT2D eigenvalue weighted by Gasteiger charge is 2.21. The number of unbranched alkanes of at least 4 members (excludes halogenated alkanes) is 2. The summed E-state index contributed by atoms with van der Waals surface area (Å²) in [6.45, 7) is 2.95. The van der Waals surface area contributed by atoms with Gasteiger partial charge >= 0.3 is 0 Å². The highest BCUT2D eigenvalue weighted by atomic mass is 32.2. The van der Waals surface area contributed by atoms with Crippen LogP contribution in [-0.2, 0) is 16.6 Å². The van der Waals surface area contributed by atoms with E-state index in [1.54, 1.807) is 0 Å². The number of nitrogens with one attached hydrogen (secondary N) is 2. The van der Waals surface area contributed by atoms with Gasteiger partial charge in [-0.3, -0.25) is 0 Å². The van der Waals surface area contributed by atoms with E-state index in [9.17, 15) is 8.42 Å². The first-order valence-electron chi connectivity index (χ1n) is 6.73. The van der Waals surface area contributed by atoms with E-state index in [0.717, 1.165) is 35.5 Å². The normalized spacial score (nSPS) is 11.9. The van der Waals surface area contributed by atoms with Crippen molar-refractivity contribution in [3.05, 3.63) is 15.8 Å². The molecule has 1 rings (SSSR count). The molecule has 20 heavy (non-hydrogen) atoms. The molecule has 116 valence electrons. The molecule has 1 aromatic heterocycles. The zero-order valence-corrected chi connectivity index (χ0v) is 14.8. The maximum atomic E-state index is 12.4. The second-order valence-corrected chi connectivity index (χ2v) is 8.31. The molecule has 0 spiro atoms. The molecule has 0 aromatic carbocycles. The summed E-state index contributed by atoms with van der Waals surface area (Å²) in [5.41, 5.74) is 0.829. The van der Waals surface area contributed by atoms with Crippen LogP contribution in [-0.4, -0.2) is 34.0 Å². The van der Waals surface area contributed by atoms with Gasteiger partial charge in [0.25, 0.3) is 0 Å². The molecule has 1 aromatic rings. The Balaban J connectivity index is 2.58. The standard InChI is InChI=1S/C13H24N2O2S3/c1-11-10-19-12(9-14-2)13(11)20(16,17)15-7-5-4-6-8-18-3/h10,14-15H,4-9H2,1-3H3. The Labute approximate surface area is 130 Å². The minimum Gasteiger partial charge on any atom is -0.315 e. The van der Waals surface area contributed by atoms with Gasteiger partial charge in [-0.2, -0.15) is 11.8 Å². The molecule has 0 atom stereocenters. The van der Waals surface area contributed by atoms with E-state index in [0.29, 0.717) is 18.0 Å². The lowest BCUT2D eigenvalue weighted by atomic mass is 10.2. The molecule has 4 nitrogen and oxygen atoms in total. The Hall–Kier alpha value is -0.0800. The van der Waals surface area contributed by atoms with Crippen LogP contribution in [0.5, 0.6) is 0 Å². The van der Waals surface area contributed by atoms with Crippen LogP contribution in [0.4, 0.5) is 0 Å². The maximum Gasteiger partial charge on any atom is 0.241 e. The van der Waals surface area contributed by atoms with Gasteiger partial charge in [-0.15, -0.1) is 11.3 Å². The van der Waals surface area contributed by atoms with Crippen LogP contribution in [0.1, 0.15) is 29.7 Å². The van der Waals surface area contributed by atoms with Crippen molar-refractivity contribution in [2.24, 2.45) is 0 Å². The van der Waals surface area contributed by atoms with Crippen molar-refractivity contribution in [3.8, 4) is 0 Å². The first-order valence-corrected chi connectivity index (χ1v) is 10.5. The number of thiophene rings is 1. The SMILES string of the molecule is CNCc1scc(C)c1S(=O)(=O)NCCCCCSC. The fourth-order valence-corrected chi connectivity index (χ4v) is 5.34. The van der Waals surface area contributed by atoms with E-state index in [1.165, 1.54) is 11.3 Å². The number of sulfonamides is 1. The molecule has 0 saturated heterocycles. The van der Waals surface area contributed by atoms with Gasteiger partial charge in [0.15, 0.2) is 0 Å². The van der Waals surface area contributed by atoms with Gasteiger partial charge < -0.3 is 5.32 Å². The average Bonchev–Trinajstić information content (AvgIpc) is 2.76. The van der Waals surface area contributed by atoms with Gasteiger partial charge in [0.05, 0.1) is 0 Å². The Morgan fingerprint density at radius 3 is 2.70 bits per heavy atom. The zero-order valence-electron chi connectivity index (χ0n) is 12.4. The molecule has 0 unspecified atom stereocenters. The zero-order chi connectivity index (χ0) is 15.0. The third-order valence-corrected chi connectivity index (χ3v) is 6.53. The lowest BCUT2D eigenvalue weighted by Gasteiger charge is -2.09. The van der Waals surface area contributed by atoms with E-state index < -0.39 is 10.0 Å². The molecule has 0 fully saturated rings. The fourth-order valence-electron chi connectivity index (χ4n) is 1.96. The summed E-state index contributed by atoms with van der Waals surface area (Å²) in [5.74, 6) is 1.14. The van der Waals surface area contributed by atoms with Crippen molar-refractivity contribution >= 4 is 33.1 Å². The first-order chi connectivity index (χ1) is 9.53. The Kier molecular flexibility index (Phi) is 8.13. The third kappa shape index (κ3) is 5.37. The minimum absolute atomic E-state index is 0.459. The number of hydrogen-bond acceptors (Lipinski definition) is 5. The van der Waals surface area contributed by atoms with Crippen LogP contribution in [0.15, 0.2) is 10.3 Å². The number of hydrogen-bond donors (Lipinski definition) is 2. The van der Waals surface area contributed by atoms with Crippen LogP contribution in [0, 0.1) is 6.92 Å². The molecule has 0 saturated carbocycles. The highest BCUT2D eigenvalue weighted by molar-refractivity contribution is 7.98. The second kappa shape index (κ2) is 9.04. The Bertz CT molecular complexity index is 498. The van der Waals surface area contributed by atoms with Crippen molar-refractivity contribution in [2.45, 2.75) is 37.6 Å². The molecule has 0 aliphatic carbocycles. The monoisotopic (exact) mass is 336 g/mol. The van der Waals surface area contributed by atoms with E-state index in [1.807, 2.05) is 31.1 Å². The number of aryl methyl sites for hydroxylation is 1. The second-order valence-electron chi connectivity index (χ2n) is 4.65. The quantitative estimate of drug-likeness (QED) is 0.645. The Morgan fingerprint density at radius 1 is 1.30 bits per heavy atom. The number of thioether (sulfide) groups is 1. The van der Waals surface area contributed by atoms with Gasteiger partial charge in [-0.1, -0.05) is 6.42 Å². The molecule has 0 aliphatic rings. The number of rotatable bonds is 10. The summed E-state index contributed by atoms with van der Waals surface area (Å²) >= 11 is 3.32. The van der Waals surface area contributed by atoms with Crippen molar-refractivity contribution in [1.82, 2.24) is 10.0 Å². The maximum absolute atomic E-state index is 12.4. The molecular formula is C13H24N2O2S3. The minimum atomic E-state index is -3.38. The van der Waals surface area contributed by atoms with Gasteiger partial charge in [0.1, 0.15) is 4.90 Å². The van der Waals surface area contributed by atoms with Crippen LogP contribution in [0.25, 0.3) is 0 Å². The summed E-state index contributed by atoms with van der Waals surface area (Å²) in [5, 5.41) is 4.92. The van der Waals surface area contributed by atoms with Gasteiger partial charge in [-0.25, -0.2) is 13.1 Å². The van der Waals surface area contributed by atoms with Crippen molar-refractivity contribution in [3.63, 3.8) is 0 Å². The molecule has 0 radical (unpaired) electrons. The van der Waals surface area contributed by atoms with Gasteiger partial charge in [-0.05, 0) is 49.8 Å². The molecule has 0 aliphatic heterocycles. The van der Waals surface area contributed by atoms with Crippen molar-refractivity contribution in [1.29, 1.82) is 0 Å². The van der Waals surface area contributed by atoms with Crippen LogP contribution >= 0.6 is 23.1 Å². The van der Waals surface area contributed by atoms with E-state index >= 15 is 0 Å². The Morgan fingerprint density at radius 2 is 2.05 bits per heavy atom. The molecule has 0 amide bonds. The van der Waals surface area contributed by atoms with E-state index in [-0.39, 0.29) is 0 Å². The van der Waals surface area contributed by atoms with Crippen molar-refractivity contribution in [2.75, 3.05) is 25.6 Å². The van der Waals surface area contributed by atoms with Crippen LogP contribution in [0.2, 0.25) is 0 Å². The molecule has 0 bridgehead atoms. The molecule has 7 heteroatoms. The van der Waals surface area contributed by atoms with E-state index in [4.69, 9.17) is 0 Å². The molecule has 2 N–H and O–H groups in total. The predicted octanol–water partition coefficient (Wildman–Crippen LogP) is 2.59.